The predicted molar refractivity (Wildman–Crippen MR) is 164 cm³/mol. The van der Waals surface area contributed by atoms with Crippen molar-refractivity contribution >= 4 is 17.9 Å². The van der Waals surface area contributed by atoms with Crippen LogP contribution in [-0.4, -0.2) is 98.3 Å². The fraction of sp³-hybridized carbons (Fsp3) is 0.324. The van der Waals surface area contributed by atoms with Crippen LogP contribution < -0.4 is 14.2 Å². The van der Waals surface area contributed by atoms with Gasteiger partial charge in [-0.15, -0.1) is 0 Å². The Morgan fingerprint density at radius 3 is 1.84 bits per heavy atom. The molecule has 6 N–H and O–H groups in total. The van der Waals surface area contributed by atoms with Crippen molar-refractivity contribution in [1.82, 2.24) is 4.98 Å². The third kappa shape index (κ3) is 8.49. The lowest BCUT2D eigenvalue weighted by molar-refractivity contribution is -0.766. The van der Waals surface area contributed by atoms with Crippen LogP contribution in [0.5, 0.6) is 5.75 Å². The third-order valence-corrected chi connectivity index (χ3v) is 7.97. The molecule has 8 unspecified atom stereocenters. The zero-order valence-corrected chi connectivity index (χ0v) is 26.6. The Balaban J connectivity index is 0.000000197. The van der Waals surface area contributed by atoms with Crippen LogP contribution >= 0.6 is 0 Å². The van der Waals surface area contributed by atoms with Crippen molar-refractivity contribution in [2.24, 2.45) is 0 Å². The van der Waals surface area contributed by atoms with E-state index in [0.29, 0.717) is 5.69 Å². The highest BCUT2D eigenvalue weighted by atomic mass is 16.6. The van der Waals surface area contributed by atoms with Gasteiger partial charge in [0.1, 0.15) is 49.1 Å². The summed E-state index contributed by atoms with van der Waals surface area (Å²) in [5.41, 5.74) is 1.40. The fourth-order valence-electron chi connectivity index (χ4n) is 5.30. The molecule has 3 aromatic heterocycles. The number of phenolic OH excluding ortho intramolecular Hbond substituents is 1. The first kappa shape index (κ1) is 36.1. The quantitative estimate of drug-likeness (QED) is 0.0876. The van der Waals surface area contributed by atoms with E-state index in [1.165, 1.54) is 53.4 Å². The number of carboxylic acids is 1. The molecule has 8 atom stereocenters. The normalized spacial score (nSPS) is 25.7. The molecule has 6 rings (SSSR count). The van der Waals surface area contributed by atoms with Crippen LogP contribution in [0.4, 0.5) is 0 Å². The van der Waals surface area contributed by atoms with Crippen molar-refractivity contribution in [3.63, 3.8) is 0 Å². The number of carbonyl (C=O) groups is 3. The number of nitrogens with one attached hydrogen (secondary N) is 1. The van der Waals surface area contributed by atoms with Crippen LogP contribution in [-0.2, 0) is 18.9 Å². The Labute approximate surface area is 284 Å². The number of ether oxygens (including phenoxy) is 4. The highest BCUT2D eigenvalue weighted by molar-refractivity contribution is 5.89. The zero-order chi connectivity index (χ0) is 35.9. The molecule has 16 heteroatoms. The molecule has 0 amide bonds. The van der Waals surface area contributed by atoms with Gasteiger partial charge in [-0.25, -0.2) is 9.59 Å². The Morgan fingerprint density at radius 1 is 0.740 bits per heavy atom. The molecule has 50 heavy (non-hydrogen) atoms. The first-order valence-corrected chi connectivity index (χ1v) is 15.4. The van der Waals surface area contributed by atoms with Gasteiger partial charge in [-0.3, -0.25) is 0 Å². The SMILES string of the molecule is Cc1ccc[n+](C2OC(COC(=O)c3ccc[nH]3)C(O)C2O)c1.O=C([O-])c1ccc[n+](C2OC(COC(=O)c3ccc(O)cc3)C(O)C2O)c1. The van der Waals surface area contributed by atoms with E-state index in [1.807, 2.05) is 25.3 Å². The van der Waals surface area contributed by atoms with Gasteiger partial charge < -0.3 is 59.4 Å². The molecular weight excluding hydrogens is 658 g/mol. The number of aromatic amines is 1. The van der Waals surface area contributed by atoms with Crippen LogP contribution in [0.1, 0.15) is 49.2 Å². The minimum atomic E-state index is -1.39. The van der Waals surface area contributed by atoms with Crippen LogP contribution in [0.25, 0.3) is 0 Å². The number of aromatic hydroxyl groups is 1. The minimum absolute atomic E-state index is 0.00267. The Hall–Kier alpha value is -5.23. The molecule has 2 aliphatic heterocycles. The van der Waals surface area contributed by atoms with Crippen molar-refractivity contribution in [3.8, 4) is 5.75 Å². The second kappa shape index (κ2) is 16.0. The van der Waals surface area contributed by atoms with Gasteiger partial charge in [-0.1, -0.05) is 0 Å². The summed E-state index contributed by atoms with van der Waals surface area (Å²) in [6.45, 7) is 1.46. The lowest BCUT2D eigenvalue weighted by atomic mass is 10.1. The van der Waals surface area contributed by atoms with Gasteiger partial charge in [-0.05, 0) is 55.5 Å². The molecular formula is C34H36N3O13+. The molecule has 5 heterocycles. The van der Waals surface area contributed by atoms with Crippen molar-refractivity contribution < 1.29 is 73.1 Å². The Kier molecular flexibility index (Phi) is 11.5. The molecule has 0 radical (unpaired) electrons. The number of carboxylic acid groups (broad SMARTS) is 1. The van der Waals surface area contributed by atoms with Crippen LogP contribution in [0, 0.1) is 6.92 Å². The van der Waals surface area contributed by atoms with E-state index in [9.17, 15) is 45.0 Å². The number of phenols is 1. The van der Waals surface area contributed by atoms with E-state index in [1.54, 1.807) is 29.1 Å². The van der Waals surface area contributed by atoms with Gasteiger partial charge in [0.25, 0.3) is 12.5 Å². The number of carbonyl (C=O) groups excluding carboxylic acids is 3. The van der Waals surface area contributed by atoms with Gasteiger partial charge in [0, 0.05) is 23.9 Å². The van der Waals surface area contributed by atoms with Crippen LogP contribution in [0.3, 0.4) is 0 Å². The summed E-state index contributed by atoms with van der Waals surface area (Å²) in [7, 11) is 0. The fourth-order valence-corrected chi connectivity index (χ4v) is 5.30. The van der Waals surface area contributed by atoms with E-state index in [2.05, 4.69) is 4.98 Å². The van der Waals surface area contributed by atoms with E-state index in [0.717, 1.165) is 5.56 Å². The summed E-state index contributed by atoms with van der Waals surface area (Å²) in [5, 5.41) is 60.8. The molecule has 2 saturated heterocycles. The lowest BCUT2D eigenvalue weighted by Crippen LogP contribution is -2.46. The topological polar surface area (TPSA) is 236 Å². The van der Waals surface area contributed by atoms with E-state index in [4.69, 9.17) is 18.9 Å². The average Bonchev–Trinajstić information content (AvgIpc) is 3.83. The average molecular weight is 695 g/mol. The van der Waals surface area contributed by atoms with Gasteiger partial charge >= 0.3 is 11.9 Å². The molecule has 0 saturated carbocycles. The number of rotatable bonds is 9. The molecule has 0 aliphatic carbocycles. The van der Waals surface area contributed by atoms with Gasteiger partial charge in [0.2, 0.25) is 0 Å². The Morgan fingerprint density at radius 2 is 1.30 bits per heavy atom. The number of esters is 2. The standard InChI is InChI=1S/C18H17NO8.C16H18N2O5/c20-12-5-3-10(4-6-12)18(25)26-9-13-14(21)15(22)16(27-13)19-7-1-2-11(8-19)17(23)24;1-10-4-3-7-18(8-10)15-14(20)13(19)12(23-15)9-22-16(21)11-5-2-6-17-11/h1-8,13-16,21-22H,9H2,(H-,20,23,24,25);2-8,12-15,19-20H,9H2,1H3/p+1. The van der Waals surface area contributed by atoms with Crippen LogP contribution in [0.2, 0.25) is 0 Å². The summed E-state index contributed by atoms with van der Waals surface area (Å²) in [6, 6.07) is 15.2. The van der Waals surface area contributed by atoms with Crippen molar-refractivity contribution in [1.29, 1.82) is 0 Å². The van der Waals surface area contributed by atoms with E-state index >= 15 is 0 Å². The number of hydrogen-bond donors (Lipinski definition) is 6. The van der Waals surface area contributed by atoms with Crippen molar-refractivity contribution in [2.75, 3.05) is 13.2 Å². The maximum atomic E-state index is 12.0. The first-order chi connectivity index (χ1) is 23.9. The molecule has 1 aromatic carbocycles. The van der Waals surface area contributed by atoms with Gasteiger partial charge in [-0.2, -0.15) is 9.13 Å². The van der Waals surface area contributed by atoms with E-state index < -0.39 is 67.0 Å². The summed E-state index contributed by atoms with van der Waals surface area (Å²) in [6.07, 6.45) is -0.659. The van der Waals surface area contributed by atoms with Gasteiger partial charge in [0.15, 0.2) is 37.0 Å². The number of pyridine rings is 2. The minimum Gasteiger partial charge on any atom is -0.545 e. The summed E-state index contributed by atoms with van der Waals surface area (Å²) in [4.78, 5) is 37.5. The lowest BCUT2D eigenvalue weighted by Gasteiger charge is -2.13. The second-order valence-electron chi connectivity index (χ2n) is 11.6. The highest BCUT2D eigenvalue weighted by Crippen LogP contribution is 2.27. The number of aromatic carboxylic acids is 1. The number of benzene rings is 1. The second-order valence-corrected chi connectivity index (χ2v) is 11.6. The summed E-state index contributed by atoms with van der Waals surface area (Å²) in [5.74, 6) is -2.61. The smallest absolute Gasteiger partial charge is 0.354 e. The summed E-state index contributed by atoms with van der Waals surface area (Å²) < 4.78 is 24.4. The maximum absolute atomic E-state index is 12.0. The highest BCUT2D eigenvalue weighted by Gasteiger charge is 2.49. The van der Waals surface area contributed by atoms with Crippen LogP contribution in [0.15, 0.2) is 91.6 Å². The number of aliphatic hydroxyl groups is 4. The number of hydrogen-bond acceptors (Lipinski definition) is 13. The predicted octanol–water partition coefficient (Wildman–Crippen LogP) is -1.39. The zero-order valence-electron chi connectivity index (χ0n) is 26.6. The number of aryl methyl sites for hydroxylation is 1. The molecule has 4 aromatic rings. The largest absolute Gasteiger partial charge is 0.545 e. The Bertz CT molecular complexity index is 1770. The number of aliphatic hydroxyl groups excluding tert-OH is 4. The summed E-state index contributed by atoms with van der Waals surface area (Å²) >= 11 is 0. The first-order valence-electron chi connectivity index (χ1n) is 15.4. The van der Waals surface area contributed by atoms with E-state index in [-0.39, 0.29) is 30.1 Å². The van der Waals surface area contributed by atoms with Crippen molar-refractivity contribution in [3.05, 3.63) is 114 Å². The molecule has 2 aliphatic rings. The third-order valence-electron chi connectivity index (χ3n) is 7.97. The maximum Gasteiger partial charge on any atom is 0.354 e. The molecule has 264 valence electrons. The molecule has 16 nitrogen and oxygen atoms in total. The number of aromatic nitrogens is 3. The molecule has 0 bridgehead atoms. The molecule has 2 fully saturated rings. The number of H-pyrrole nitrogens is 1. The monoisotopic (exact) mass is 694 g/mol. The molecule has 0 spiro atoms. The number of nitrogens with zero attached hydrogens (tertiary/aromatic N) is 2. The van der Waals surface area contributed by atoms with Crippen molar-refractivity contribution in [2.45, 2.75) is 56.0 Å². The van der Waals surface area contributed by atoms with Gasteiger partial charge in [0.05, 0.1) is 17.1 Å².